The van der Waals surface area contributed by atoms with Gasteiger partial charge in [0.25, 0.3) is 6.47 Å². The summed E-state index contributed by atoms with van der Waals surface area (Å²) in [6, 6.07) is 44.7. The SMILES string of the molecule is CC(C)Cc1ccc(C(C)c2nc3cc(OC=O)ccc3n2Cc2ccccc2Cl)cc1.N=N/N=N/N.[C-]#[N+]c1ccc2c(c1)nc(C(C)c1ccc(CC(C)C)cc1)n2Cc1ccccc1Cl. The van der Waals surface area contributed by atoms with Crippen molar-refractivity contribution >= 4 is 57.4 Å². The summed E-state index contributed by atoms with van der Waals surface area (Å²) in [4.78, 5) is 24.3. The van der Waals surface area contributed by atoms with Gasteiger partial charge < -0.3 is 19.7 Å². The highest BCUT2D eigenvalue weighted by Crippen LogP contribution is 2.33. The third kappa shape index (κ3) is 12.8. The number of nitrogens with two attached hydrogens (primary N) is 1. The molecule has 6 aromatic carbocycles. The zero-order valence-corrected chi connectivity index (χ0v) is 40.7. The van der Waals surface area contributed by atoms with Gasteiger partial charge in [-0.05, 0) is 105 Å². The van der Waals surface area contributed by atoms with E-state index in [2.05, 4.69) is 132 Å². The lowest BCUT2D eigenvalue weighted by Crippen LogP contribution is -2.10. The highest BCUT2D eigenvalue weighted by atomic mass is 35.5. The van der Waals surface area contributed by atoms with Gasteiger partial charge in [0.2, 0.25) is 0 Å². The normalized spacial score (nSPS) is 12.0. The van der Waals surface area contributed by atoms with Crippen molar-refractivity contribution in [2.24, 2.45) is 33.3 Å². The van der Waals surface area contributed by atoms with E-state index in [0.29, 0.717) is 42.8 Å². The Morgan fingerprint density at radius 2 is 1.13 bits per heavy atom. The minimum Gasteiger partial charge on any atom is -0.429 e. The third-order valence-corrected chi connectivity index (χ3v) is 12.3. The quantitative estimate of drug-likeness (QED) is 0.0344. The Balaban J connectivity index is 0.000000204. The monoisotopic (exact) mass is 946 g/mol. The maximum atomic E-state index is 10.8. The first kappa shape index (κ1) is 50.2. The number of nitrogens with zero attached hydrogens (tertiary/aromatic N) is 8. The lowest BCUT2D eigenvalue weighted by molar-refractivity contribution is -0.120. The summed E-state index contributed by atoms with van der Waals surface area (Å²) < 4.78 is 9.47. The first-order valence-electron chi connectivity index (χ1n) is 22.4. The van der Waals surface area contributed by atoms with E-state index in [1.807, 2.05) is 66.7 Å². The van der Waals surface area contributed by atoms with Crippen LogP contribution in [0.15, 0.2) is 149 Å². The van der Waals surface area contributed by atoms with Crippen LogP contribution in [0.4, 0.5) is 5.69 Å². The molecule has 0 aliphatic rings. The number of ether oxygens (including phenoxy) is 1. The van der Waals surface area contributed by atoms with Gasteiger partial charge in [0.05, 0.1) is 41.7 Å². The van der Waals surface area contributed by atoms with Crippen LogP contribution in [0.25, 0.3) is 26.9 Å². The van der Waals surface area contributed by atoms with Crippen LogP contribution in [0.1, 0.15) is 98.4 Å². The molecule has 0 fully saturated rings. The number of carbonyl (C=O) groups excluding carboxylic acids is 1. The molecule has 0 saturated carbocycles. The number of benzene rings is 6. The van der Waals surface area contributed by atoms with E-state index in [4.69, 9.17) is 50.0 Å². The van der Waals surface area contributed by atoms with Gasteiger partial charge in [-0.3, -0.25) is 4.79 Å². The fourth-order valence-electron chi connectivity index (χ4n) is 8.20. The van der Waals surface area contributed by atoms with Crippen molar-refractivity contribution in [2.75, 3.05) is 0 Å². The maximum absolute atomic E-state index is 10.8. The molecule has 0 radical (unpaired) electrons. The third-order valence-electron chi connectivity index (χ3n) is 11.5. The van der Waals surface area contributed by atoms with Crippen LogP contribution in [0.3, 0.4) is 0 Å². The first-order chi connectivity index (χ1) is 32.8. The largest absolute Gasteiger partial charge is 0.429 e. The number of imidazole rings is 2. The Kier molecular flexibility index (Phi) is 17.7. The molecule has 0 aliphatic heterocycles. The van der Waals surface area contributed by atoms with Crippen molar-refractivity contribution in [3.05, 3.63) is 200 Å². The molecule has 8 aromatic rings. The van der Waals surface area contributed by atoms with Crippen LogP contribution in [0, 0.1) is 23.9 Å². The Labute approximate surface area is 408 Å². The molecule has 8 rings (SSSR count). The van der Waals surface area contributed by atoms with Gasteiger partial charge in [0.15, 0.2) is 5.69 Å². The molecular formula is C54H56Cl2N10O2. The molecule has 14 heteroatoms. The molecule has 0 saturated heterocycles. The average molecular weight is 948 g/mol. The molecule has 0 spiro atoms. The van der Waals surface area contributed by atoms with Crippen molar-refractivity contribution in [3.8, 4) is 5.75 Å². The number of rotatable bonds is 15. The fraction of sp³-hybridized carbons (Fsp3) is 0.259. The predicted molar refractivity (Wildman–Crippen MR) is 273 cm³/mol. The topological polar surface area (TPSA) is 153 Å². The Hall–Kier alpha value is -7.20. The number of aromatic nitrogens is 4. The van der Waals surface area contributed by atoms with Crippen LogP contribution < -0.4 is 10.6 Å². The summed E-state index contributed by atoms with van der Waals surface area (Å²) in [5, 5.41) is 9.21. The highest BCUT2D eigenvalue weighted by Gasteiger charge is 2.22. The Bertz CT molecular complexity index is 3030. The van der Waals surface area contributed by atoms with Gasteiger partial charge in [-0.25, -0.2) is 14.8 Å². The second-order valence-electron chi connectivity index (χ2n) is 17.4. The van der Waals surface area contributed by atoms with Crippen molar-refractivity contribution in [3.63, 3.8) is 0 Å². The van der Waals surface area contributed by atoms with E-state index in [9.17, 15) is 4.79 Å². The number of nitrogens with one attached hydrogen (secondary N) is 1. The molecule has 348 valence electrons. The zero-order chi connectivity index (χ0) is 48.7. The molecule has 2 heterocycles. The summed E-state index contributed by atoms with van der Waals surface area (Å²) in [6.45, 7) is 22.3. The number of carbonyl (C=O) groups is 1. The fourth-order valence-corrected chi connectivity index (χ4v) is 8.59. The van der Waals surface area contributed by atoms with Crippen molar-refractivity contribution in [1.29, 1.82) is 5.53 Å². The van der Waals surface area contributed by atoms with E-state index < -0.39 is 0 Å². The number of hydrogen-bond acceptors (Lipinski definition) is 6. The molecule has 2 unspecified atom stereocenters. The second-order valence-corrected chi connectivity index (χ2v) is 18.2. The van der Waals surface area contributed by atoms with Gasteiger partial charge in [0, 0.05) is 27.9 Å². The predicted octanol–water partition coefficient (Wildman–Crippen LogP) is 14.5. The van der Waals surface area contributed by atoms with Crippen LogP contribution in [-0.2, 0) is 30.7 Å². The van der Waals surface area contributed by atoms with Gasteiger partial charge in [-0.15, -0.1) is 0 Å². The molecule has 0 bridgehead atoms. The molecule has 0 amide bonds. The molecule has 2 aromatic heterocycles. The summed E-state index contributed by atoms with van der Waals surface area (Å²) >= 11 is 12.9. The Morgan fingerprint density at radius 3 is 1.53 bits per heavy atom. The lowest BCUT2D eigenvalue weighted by Gasteiger charge is -2.17. The highest BCUT2D eigenvalue weighted by molar-refractivity contribution is 6.31. The molecule has 2 atom stereocenters. The van der Waals surface area contributed by atoms with Crippen molar-refractivity contribution in [1.82, 2.24) is 19.1 Å². The average Bonchev–Trinajstić information content (AvgIpc) is 3.88. The molecular weight excluding hydrogens is 892 g/mol. The molecule has 0 aliphatic carbocycles. The summed E-state index contributed by atoms with van der Waals surface area (Å²) in [6.07, 6.45) is 2.15. The molecule has 12 nitrogen and oxygen atoms in total. The summed E-state index contributed by atoms with van der Waals surface area (Å²) in [5.74, 6) is 8.24. The van der Waals surface area contributed by atoms with Crippen LogP contribution in [0.2, 0.25) is 10.0 Å². The maximum Gasteiger partial charge on any atom is 0.298 e. The van der Waals surface area contributed by atoms with E-state index in [1.54, 1.807) is 12.1 Å². The number of halogens is 2. The smallest absolute Gasteiger partial charge is 0.298 e. The van der Waals surface area contributed by atoms with E-state index in [0.717, 1.165) is 67.7 Å². The first-order valence-corrected chi connectivity index (χ1v) is 23.2. The summed E-state index contributed by atoms with van der Waals surface area (Å²) in [7, 11) is 0. The van der Waals surface area contributed by atoms with Gasteiger partial charge in [-0.2, -0.15) is 5.53 Å². The van der Waals surface area contributed by atoms with Crippen LogP contribution >= 0.6 is 23.2 Å². The van der Waals surface area contributed by atoms with E-state index in [-0.39, 0.29) is 11.8 Å². The standard InChI is InChI=1S/C27H26ClN3.C27H27ClN2O2.H3N5/c1-18(2)15-20-9-11-21(12-10-20)19(3)27-30-25-16-23(29-4)13-14-26(25)31(27)17-22-7-5-6-8-24(22)28;1-18(2)14-20-8-10-21(11-9-20)19(3)27-29-25-15-23(32-17-31)12-13-26(25)30(27)16-22-6-4-5-7-24(22)28;1-3-5-4-2/h5-14,16,18-19H,15,17H2,1-3H3;4-13,15,17-19H,14,16H2,1-3H3;(H3,1,2,5). The Morgan fingerprint density at radius 1 is 0.676 bits per heavy atom. The van der Waals surface area contributed by atoms with E-state index >= 15 is 0 Å². The van der Waals surface area contributed by atoms with Gasteiger partial charge in [-0.1, -0.05) is 161 Å². The van der Waals surface area contributed by atoms with Gasteiger partial charge in [0.1, 0.15) is 17.4 Å². The minimum absolute atomic E-state index is 0.0772. The van der Waals surface area contributed by atoms with Crippen LogP contribution in [0.5, 0.6) is 5.75 Å². The minimum atomic E-state index is 0.0772. The summed E-state index contributed by atoms with van der Waals surface area (Å²) in [5.41, 5.74) is 17.3. The van der Waals surface area contributed by atoms with Crippen molar-refractivity contribution < 1.29 is 9.53 Å². The van der Waals surface area contributed by atoms with Crippen LogP contribution in [-0.4, -0.2) is 25.6 Å². The lowest BCUT2D eigenvalue weighted by atomic mass is 9.96. The molecule has 68 heavy (non-hydrogen) atoms. The number of fused-ring (bicyclic) bond motifs is 2. The number of hydrogen-bond donors (Lipinski definition) is 2. The zero-order valence-electron chi connectivity index (χ0n) is 39.1. The second kappa shape index (κ2) is 24.0. The van der Waals surface area contributed by atoms with Gasteiger partial charge >= 0.3 is 0 Å². The molecule has 3 N–H and O–H groups in total. The van der Waals surface area contributed by atoms with E-state index in [1.165, 1.54) is 22.3 Å². The van der Waals surface area contributed by atoms with Crippen molar-refractivity contribution in [2.45, 2.75) is 79.3 Å².